The molecule has 0 unspecified atom stereocenters. The molecule has 0 heterocycles. The van der Waals surface area contributed by atoms with Crippen molar-refractivity contribution in [3.8, 4) is 11.5 Å². The van der Waals surface area contributed by atoms with Crippen molar-refractivity contribution < 1.29 is 19.4 Å². The van der Waals surface area contributed by atoms with Crippen LogP contribution in [0.25, 0.3) is 0 Å². The van der Waals surface area contributed by atoms with Crippen LogP contribution in [-0.2, 0) is 4.79 Å². The maximum absolute atomic E-state index is 11.4. The molecule has 0 aliphatic rings. The van der Waals surface area contributed by atoms with E-state index in [4.69, 9.17) is 21.1 Å². The molecule has 0 saturated carbocycles. The Balaban J connectivity index is 2.91. The van der Waals surface area contributed by atoms with Gasteiger partial charge in [-0.25, -0.2) is 0 Å². The SMILES string of the molecule is COc1ccc(OC)c([C@@H](O)CN(C)C(=O)CCl)c1. The molecule has 1 amide bonds. The highest BCUT2D eigenvalue weighted by molar-refractivity contribution is 6.27. The van der Waals surface area contributed by atoms with Gasteiger partial charge in [0.05, 0.1) is 20.8 Å². The maximum atomic E-state index is 11.4. The van der Waals surface area contributed by atoms with Crippen LogP contribution in [0.5, 0.6) is 11.5 Å². The van der Waals surface area contributed by atoms with E-state index in [0.29, 0.717) is 17.1 Å². The zero-order chi connectivity index (χ0) is 14.4. The number of nitrogens with zero attached hydrogens (tertiary/aromatic N) is 1. The molecule has 0 fully saturated rings. The van der Waals surface area contributed by atoms with Gasteiger partial charge in [-0.15, -0.1) is 11.6 Å². The van der Waals surface area contributed by atoms with Crippen LogP contribution in [0.15, 0.2) is 18.2 Å². The number of amides is 1. The van der Waals surface area contributed by atoms with Crippen molar-refractivity contribution in [2.75, 3.05) is 33.7 Å². The highest BCUT2D eigenvalue weighted by atomic mass is 35.5. The second-order valence-corrected chi connectivity index (χ2v) is 4.30. The Morgan fingerprint density at radius 1 is 1.42 bits per heavy atom. The van der Waals surface area contributed by atoms with Gasteiger partial charge in [-0.2, -0.15) is 0 Å². The molecule has 0 aliphatic heterocycles. The lowest BCUT2D eigenvalue weighted by Gasteiger charge is -2.22. The first kappa shape index (κ1) is 15.6. The average Bonchev–Trinajstić information content (AvgIpc) is 2.45. The summed E-state index contributed by atoms with van der Waals surface area (Å²) in [4.78, 5) is 12.8. The van der Waals surface area contributed by atoms with Crippen molar-refractivity contribution in [2.45, 2.75) is 6.10 Å². The van der Waals surface area contributed by atoms with Gasteiger partial charge < -0.3 is 19.5 Å². The first-order valence-corrected chi connectivity index (χ1v) is 6.26. The predicted molar refractivity (Wildman–Crippen MR) is 72.9 cm³/mol. The van der Waals surface area contributed by atoms with E-state index < -0.39 is 6.10 Å². The molecule has 1 rings (SSSR count). The zero-order valence-electron chi connectivity index (χ0n) is 11.2. The van der Waals surface area contributed by atoms with Crippen LogP contribution in [0.4, 0.5) is 0 Å². The summed E-state index contributed by atoms with van der Waals surface area (Å²) in [5, 5.41) is 10.2. The Morgan fingerprint density at radius 3 is 2.63 bits per heavy atom. The Bertz CT molecular complexity index is 439. The fourth-order valence-corrected chi connectivity index (χ4v) is 1.87. The highest BCUT2D eigenvalue weighted by Crippen LogP contribution is 2.29. The molecular formula is C13H18ClNO4. The Kier molecular flexibility index (Phi) is 5.92. The maximum Gasteiger partial charge on any atom is 0.237 e. The number of carbonyl (C=O) groups excluding carboxylic acids is 1. The summed E-state index contributed by atoms with van der Waals surface area (Å²) in [7, 11) is 4.65. The number of benzene rings is 1. The van der Waals surface area contributed by atoms with Crippen LogP contribution in [0.1, 0.15) is 11.7 Å². The van der Waals surface area contributed by atoms with Gasteiger partial charge in [0, 0.05) is 12.6 Å². The number of methoxy groups -OCH3 is 2. The first-order valence-electron chi connectivity index (χ1n) is 5.73. The average molecular weight is 288 g/mol. The lowest BCUT2D eigenvalue weighted by molar-refractivity contribution is -0.128. The number of carbonyl (C=O) groups is 1. The normalized spacial score (nSPS) is 11.8. The quantitative estimate of drug-likeness (QED) is 0.804. The highest BCUT2D eigenvalue weighted by Gasteiger charge is 2.18. The van der Waals surface area contributed by atoms with Gasteiger partial charge in [-0.1, -0.05) is 0 Å². The molecule has 5 nitrogen and oxygen atoms in total. The van der Waals surface area contributed by atoms with E-state index in [1.54, 1.807) is 32.4 Å². The van der Waals surface area contributed by atoms with Crippen LogP contribution in [0, 0.1) is 0 Å². The van der Waals surface area contributed by atoms with E-state index in [0.717, 1.165) is 0 Å². The number of aliphatic hydroxyl groups is 1. The van der Waals surface area contributed by atoms with Crippen molar-refractivity contribution >= 4 is 17.5 Å². The van der Waals surface area contributed by atoms with E-state index in [9.17, 15) is 9.90 Å². The van der Waals surface area contributed by atoms with Gasteiger partial charge in [0.1, 0.15) is 23.5 Å². The minimum absolute atomic E-state index is 0.113. The number of alkyl halides is 1. The number of rotatable bonds is 6. The molecular weight excluding hydrogens is 270 g/mol. The largest absolute Gasteiger partial charge is 0.497 e. The van der Waals surface area contributed by atoms with Gasteiger partial charge in [0.2, 0.25) is 5.91 Å². The molecule has 106 valence electrons. The summed E-state index contributed by atoms with van der Waals surface area (Å²) in [6.07, 6.45) is -0.873. The number of ether oxygens (including phenoxy) is 2. The van der Waals surface area contributed by atoms with Crippen molar-refractivity contribution in [1.82, 2.24) is 4.90 Å². The number of aliphatic hydroxyl groups excluding tert-OH is 1. The van der Waals surface area contributed by atoms with Crippen LogP contribution >= 0.6 is 11.6 Å². The number of hydrogen-bond donors (Lipinski definition) is 1. The summed E-state index contributed by atoms with van der Waals surface area (Å²) in [5.41, 5.74) is 0.566. The van der Waals surface area contributed by atoms with E-state index >= 15 is 0 Å². The standard InChI is InChI=1S/C13H18ClNO4/c1-15(13(17)7-14)8-11(16)10-6-9(18-2)4-5-12(10)19-3/h4-6,11,16H,7-8H2,1-3H3/t11-/m0/s1. The third-order valence-corrected chi connectivity index (χ3v) is 3.01. The lowest BCUT2D eigenvalue weighted by Crippen LogP contribution is -2.32. The van der Waals surface area contributed by atoms with Crippen molar-refractivity contribution in [2.24, 2.45) is 0 Å². The monoisotopic (exact) mass is 287 g/mol. The van der Waals surface area contributed by atoms with Crippen molar-refractivity contribution in [3.63, 3.8) is 0 Å². The van der Waals surface area contributed by atoms with Gasteiger partial charge in [-0.3, -0.25) is 4.79 Å². The van der Waals surface area contributed by atoms with E-state index in [1.165, 1.54) is 12.0 Å². The summed E-state index contributed by atoms with van der Waals surface area (Å²) in [6.45, 7) is 0.134. The minimum Gasteiger partial charge on any atom is -0.497 e. The van der Waals surface area contributed by atoms with E-state index in [1.807, 2.05) is 0 Å². The lowest BCUT2D eigenvalue weighted by atomic mass is 10.1. The molecule has 1 N–H and O–H groups in total. The van der Waals surface area contributed by atoms with E-state index in [2.05, 4.69) is 0 Å². The Hall–Kier alpha value is -1.46. The third-order valence-electron chi connectivity index (χ3n) is 2.78. The first-order chi connectivity index (χ1) is 9.03. The summed E-state index contributed by atoms with van der Waals surface area (Å²) < 4.78 is 10.3. The second-order valence-electron chi connectivity index (χ2n) is 4.03. The molecule has 1 aromatic carbocycles. The molecule has 1 atom stereocenters. The molecule has 0 radical (unpaired) electrons. The summed E-state index contributed by atoms with van der Waals surface area (Å²) >= 11 is 5.47. The fraction of sp³-hybridized carbons (Fsp3) is 0.462. The summed E-state index contributed by atoms with van der Waals surface area (Å²) in [6, 6.07) is 5.13. The van der Waals surface area contributed by atoms with Crippen LogP contribution < -0.4 is 9.47 Å². The molecule has 0 aromatic heterocycles. The Labute approximate surface area is 117 Å². The summed E-state index contributed by atoms with van der Waals surface area (Å²) in [5.74, 6) is 0.794. The molecule has 0 aliphatic carbocycles. The van der Waals surface area contributed by atoms with Gasteiger partial charge in [0.15, 0.2) is 0 Å². The molecule has 0 bridgehead atoms. The van der Waals surface area contributed by atoms with E-state index in [-0.39, 0.29) is 18.3 Å². The van der Waals surface area contributed by atoms with Gasteiger partial charge in [-0.05, 0) is 18.2 Å². The number of likely N-dealkylation sites (N-methyl/N-ethyl adjacent to an activating group) is 1. The fourth-order valence-electron chi connectivity index (χ4n) is 1.66. The minimum atomic E-state index is -0.873. The number of hydrogen-bond acceptors (Lipinski definition) is 4. The molecule has 6 heteroatoms. The molecule has 1 aromatic rings. The predicted octanol–water partition coefficient (Wildman–Crippen LogP) is 1.43. The zero-order valence-corrected chi connectivity index (χ0v) is 12.0. The van der Waals surface area contributed by atoms with Gasteiger partial charge in [0.25, 0.3) is 0 Å². The van der Waals surface area contributed by atoms with Crippen LogP contribution in [0.2, 0.25) is 0 Å². The van der Waals surface area contributed by atoms with Crippen LogP contribution in [-0.4, -0.2) is 49.6 Å². The van der Waals surface area contributed by atoms with Crippen molar-refractivity contribution in [3.05, 3.63) is 23.8 Å². The van der Waals surface area contributed by atoms with Gasteiger partial charge >= 0.3 is 0 Å². The third kappa shape index (κ3) is 4.01. The van der Waals surface area contributed by atoms with Crippen LogP contribution in [0.3, 0.4) is 0 Å². The van der Waals surface area contributed by atoms with Crippen molar-refractivity contribution in [1.29, 1.82) is 0 Å². The molecule has 0 saturated heterocycles. The second kappa shape index (κ2) is 7.21. The molecule has 0 spiro atoms. The smallest absolute Gasteiger partial charge is 0.237 e. The topological polar surface area (TPSA) is 59.0 Å². The molecule has 19 heavy (non-hydrogen) atoms. The number of halogens is 1. The Morgan fingerprint density at radius 2 is 2.11 bits per heavy atom.